The molecule has 1 aliphatic heterocycles. The van der Waals surface area contributed by atoms with Crippen LogP contribution in [-0.2, 0) is 9.53 Å². The molecule has 2 fully saturated rings. The van der Waals surface area contributed by atoms with Crippen molar-refractivity contribution in [2.75, 3.05) is 7.11 Å². The van der Waals surface area contributed by atoms with E-state index >= 15 is 0 Å². The Bertz CT molecular complexity index is 193. The van der Waals surface area contributed by atoms with Crippen molar-refractivity contribution >= 4 is 5.97 Å². The number of ether oxygens (including phenoxy) is 1. The third-order valence-electron chi connectivity index (χ3n) is 2.81. The lowest BCUT2D eigenvalue weighted by Gasteiger charge is -2.16. The highest BCUT2D eigenvalue weighted by Gasteiger charge is 2.61. The van der Waals surface area contributed by atoms with E-state index in [9.17, 15) is 4.79 Å². The molecular formula is C8H13NO2. The highest BCUT2D eigenvalue weighted by Crippen LogP contribution is 2.40. The fraction of sp³-hybridized carbons (Fsp3) is 0.875. The average Bonchev–Trinajstić information content (AvgIpc) is 2.78. The van der Waals surface area contributed by atoms with Crippen LogP contribution in [0.5, 0.6) is 0 Å². The highest BCUT2D eigenvalue weighted by atomic mass is 16.5. The van der Waals surface area contributed by atoms with Crippen molar-refractivity contribution in [2.45, 2.75) is 37.3 Å². The fourth-order valence-electron chi connectivity index (χ4n) is 2.07. The number of rotatable bonds is 1. The van der Waals surface area contributed by atoms with Gasteiger partial charge in [-0.15, -0.1) is 0 Å². The van der Waals surface area contributed by atoms with Crippen LogP contribution in [0.15, 0.2) is 0 Å². The maximum atomic E-state index is 11.2. The number of esters is 1. The van der Waals surface area contributed by atoms with Crippen LogP contribution in [0, 0.1) is 0 Å². The molecule has 1 aliphatic carbocycles. The van der Waals surface area contributed by atoms with Crippen molar-refractivity contribution in [3.05, 3.63) is 0 Å². The van der Waals surface area contributed by atoms with Crippen molar-refractivity contribution in [1.29, 1.82) is 0 Å². The average molecular weight is 155 g/mol. The summed E-state index contributed by atoms with van der Waals surface area (Å²) in [7, 11) is 1.46. The minimum absolute atomic E-state index is 0.0674. The third-order valence-corrected chi connectivity index (χ3v) is 2.81. The van der Waals surface area contributed by atoms with Crippen molar-refractivity contribution in [2.24, 2.45) is 0 Å². The Labute approximate surface area is 66.1 Å². The predicted octanol–water partition coefficient (Wildman–Crippen LogP) is 0.444. The molecule has 1 heterocycles. The van der Waals surface area contributed by atoms with Gasteiger partial charge >= 0.3 is 5.97 Å². The summed E-state index contributed by atoms with van der Waals surface area (Å²) in [5.41, 5.74) is -0.257. The van der Waals surface area contributed by atoms with Crippen molar-refractivity contribution in [1.82, 2.24) is 5.32 Å². The highest BCUT2D eigenvalue weighted by molar-refractivity contribution is 5.86. The summed E-state index contributed by atoms with van der Waals surface area (Å²) >= 11 is 0. The van der Waals surface area contributed by atoms with E-state index in [2.05, 4.69) is 5.32 Å². The lowest BCUT2D eigenvalue weighted by atomic mass is 9.89. The second kappa shape index (κ2) is 2.21. The molecule has 0 spiro atoms. The summed E-state index contributed by atoms with van der Waals surface area (Å²) in [6, 6.07) is 0.420. The largest absolute Gasteiger partial charge is 0.468 e. The van der Waals surface area contributed by atoms with Gasteiger partial charge in [0.15, 0.2) is 0 Å². The molecule has 1 N–H and O–H groups in total. The summed E-state index contributed by atoms with van der Waals surface area (Å²) < 4.78 is 4.73. The zero-order valence-corrected chi connectivity index (χ0v) is 6.72. The molecule has 0 aromatic rings. The van der Waals surface area contributed by atoms with Gasteiger partial charge in [-0.1, -0.05) is 12.8 Å². The number of nitrogens with one attached hydrogen (secondary N) is 1. The number of hydrogen-bond donors (Lipinski definition) is 1. The lowest BCUT2D eigenvalue weighted by molar-refractivity contribution is -0.144. The van der Waals surface area contributed by atoms with Crippen LogP contribution in [0.4, 0.5) is 0 Å². The lowest BCUT2D eigenvalue weighted by Crippen LogP contribution is -2.32. The van der Waals surface area contributed by atoms with Gasteiger partial charge < -0.3 is 4.74 Å². The van der Waals surface area contributed by atoms with Crippen LogP contribution >= 0.6 is 0 Å². The maximum absolute atomic E-state index is 11.2. The first-order chi connectivity index (χ1) is 5.29. The van der Waals surface area contributed by atoms with E-state index in [4.69, 9.17) is 4.74 Å². The molecule has 3 nitrogen and oxygen atoms in total. The van der Waals surface area contributed by atoms with E-state index in [0.717, 1.165) is 19.3 Å². The maximum Gasteiger partial charge on any atom is 0.327 e. The van der Waals surface area contributed by atoms with Crippen molar-refractivity contribution in [3.63, 3.8) is 0 Å². The molecule has 0 unspecified atom stereocenters. The SMILES string of the molecule is COC(=O)[C@@]12CCCC[C@@H]1N2. The number of fused-ring (bicyclic) bond motifs is 1. The Morgan fingerprint density at radius 3 is 3.09 bits per heavy atom. The smallest absolute Gasteiger partial charge is 0.327 e. The summed E-state index contributed by atoms with van der Waals surface area (Å²) in [6.07, 6.45) is 4.49. The molecule has 0 bridgehead atoms. The summed E-state index contributed by atoms with van der Waals surface area (Å²) in [5.74, 6) is -0.0674. The van der Waals surface area contributed by atoms with Crippen LogP contribution in [-0.4, -0.2) is 24.7 Å². The molecule has 0 aromatic heterocycles. The normalized spacial score (nSPS) is 41.0. The second-order valence-corrected chi connectivity index (χ2v) is 3.41. The number of methoxy groups -OCH3 is 1. The van der Waals surface area contributed by atoms with Gasteiger partial charge in [0, 0.05) is 6.04 Å². The van der Waals surface area contributed by atoms with E-state index in [-0.39, 0.29) is 11.5 Å². The van der Waals surface area contributed by atoms with Crippen molar-refractivity contribution in [3.8, 4) is 0 Å². The van der Waals surface area contributed by atoms with Gasteiger partial charge in [0.05, 0.1) is 7.11 Å². The van der Waals surface area contributed by atoms with Gasteiger partial charge in [-0.05, 0) is 12.8 Å². The molecular weight excluding hydrogens is 142 g/mol. The molecule has 1 saturated heterocycles. The van der Waals surface area contributed by atoms with Gasteiger partial charge in [-0.25, -0.2) is 4.79 Å². The molecule has 11 heavy (non-hydrogen) atoms. The van der Waals surface area contributed by atoms with Crippen LogP contribution in [0.1, 0.15) is 25.7 Å². The van der Waals surface area contributed by atoms with Crippen molar-refractivity contribution < 1.29 is 9.53 Å². The molecule has 0 radical (unpaired) electrons. The Morgan fingerprint density at radius 1 is 1.64 bits per heavy atom. The van der Waals surface area contributed by atoms with E-state index < -0.39 is 0 Å². The van der Waals surface area contributed by atoms with Gasteiger partial charge in [0.2, 0.25) is 0 Å². The first-order valence-corrected chi connectivity index (χ1v) is 4.16. The molecule has 62 valence electrons. The third kappa shape index (κ3) is 0.872. The summed E-state index contributed by atoms with van der Waals surface area (Å²) in [5, 5.41) is 3.22. The van der Waals surface area contributed by atoms with Crippen LogP contribution in [0.2, 0.25) is 0 Å². The Hall–Kier alpha value is -0.570. The summed E-state index contributed by atoms with van der Waals surface area (Å²) in [6.45, 7) is 0. The van der Waals surface area contributed by atoms with E-state index in [0.29, 0.717) is 6.04 Å². The van der Waals surface area contributed by atoms with E-state index in [1.807, 2.05) is 0 Å². The molecule has 1 saturated carbocycles. The van der Waals surface area contributed by atoms with E-state index in [1.165, 1.54) is 13.5 Å². The zero-order chi connectivity index (χ0) is 7.90. The standard InChI is InChI=1S/C8H13NO2/c1-11-7(10)8-5-3-2-4-6(8)9-8/h6,9H,2-5H2,1H3/t6-,8+/m0/s1. The number of hydrogen-bond acceptors (Lipinski definition) is 3. The Kier molecular flexibility index (Phi) is 1.42. The van der Waals surface area contributed by atoms with Gasteiger partial charge in [0.25, 0.3) is 0 Å². The molecule has 0 amide bonds. The molecule has 0 aromatic carbocycles. The number of carbonyl (C=O) groups excluding carboxylic acids is 1. The van der Waals surface area contributed by atoms with Crippen LogP contribution in [0.25, 0.3) is 0 Å². The minimum Gasteiger partial charge on any atom is -0.468 e. The fourth-order valence-corrected chi connectivity index (χ4v) is 2.07. The van der Waals surface area contributed by atoms with Gasteiger partial charge in [0.1, 0.15) is 5.54 Å². The minimum atomic E-state index is -0.257. The second-order valence-electron chi connectivity index (χ2n) is 3.41. The monoisotopic (exact) mass is 155 g/mol. The van der Waals surface area contributed by atoms with Crippen LogP contribution in [0.3, 0.4) is 0 Å². The Morgan fingerprint density at radius 2 is 2.45 bits per heavy atom. The van der Waals surface area contributed by atoms with Crippen LogP contribution < -0.4 is 5.32 Å². The zero-order valence-electron chi connectivity index (χ0n) is 6.72. The van der Waals surface area contributed by atoms with Gasteiger partial charge in [-0.3, -0.25) is 5.32 Å². The quantitative estimate of drug-likeness (QED) is 0.441. The molecule has 2 aliphatic rings. The topological polar surface area (TPSA) is 48.2 Å². The molecule has 2 atom stereocenters. The van der Waals surface area contributed by atoms with Gasteiger partial charge in [-0.2, -0.15) is 0 Å². The molecule has 3 heteroatoms. The first kappa shape index (κ1) is 7.10. The molecule has 2 rings (SSSR count). The first-order valence-electron chi connectivity index (χ1n) is 4.16. The summed E-state index contributed by atoms with van der Waals surface area (Å²) in [4.78, 5) is 11.2. The Balaban J connectivity index is 2.07. The predicted molar refractivity (Wildman–Crippen MR) is 40.1 cm³/mol. The number of carbonyl (C=O) groups is 1. The van der Waals surface area contributed by atoms with E-state index in [1.54, 1.807) is 0 Å².